The Kier molecular flexibility index (Phi) is 2.80. The molecule has 0 aliphatic carbocycles. The van der Waals surface area contributed by atoms with Gasteiger partial charge in [0.2, 0.25) is 0 Å². The maximum Gasteiger partial charge on any atom is 0.0181 e. The quantitative estimate of drug-likeness (QED) is 0.640. The van der Waals surface area contributed by atoms with Gasteiger partial charge in [-0.2, -0.15) is 0 Å². The third kappa shape index (κ3) is 1.87. The standard InChI is InChI=1S/C13H23N/c1-9(2)11-8-14(7)10(3)12(11)13(4,5)6/h8-9H,1-7H3. The molecule has 0 bridgehead atoms. The summed E-state index contributed by atoms with van der Waals surface area (Å²) in [7, 11) is 2.14. The lowest BCUT2D eigenvalue weighted by atomic mass is 9.82. The molecule has 1 heteroatoms. The minimum atomic E-state index is 0.255. The monoisotopic (exact) mass is 193 g/mol. The maximum absolute atomic E-state index is 2.29. The van der Waals surface area contributed by atoms with Crippen LogP contribution in [0, 0.1) is 6.92 Å². The summed E-state index contributed by atoms with van der Waals surface area (Å²) in [5, 5.41) is 0. The minimum absolute atomic E-state index is 0.255. The second-order valence-electron chi connectivity index (χ2n) is 5.56. The molecule has 0 saturated carbocycles. The van der Waals surface area contributed by atoms with E-state index in [0.717, 1.165) is 0 Å². The van der Waals surface area contributed by atoms with Crippen molar-refractivity contribution in [1.29, 1.82) is 0 Å². The Morgan fingerprint density at radius 2 is 1.71 bits per heavy atom. The van der Waals surface area contributed by atoms with Crippen molar-refractivity contribution in [2.24, 2.45) is 7.05 Å². The van der Waals surface area contributed by atoms with E-state index in [0.29, 0.717) is 5.92 Å². The molecule has 1 aromatic rings. The molecule has 14 heavy (non-hydrogen) atoms. The first-order valence-corrected chi connectivity index (χ1v) is 5.41. The summed E-state index contributed by atoms with van der Waals surface area (Å²) in [5.74, 6) is 0.615. The zero-order chi connectivity index (χ0) is 11.1. The van der Waals surface area contributed by atoms with Crippen LogP contribution in [0.15, 0.2) is 6.20 Å². The van der Waals surface area contributed by atoms with Crippen molar-refractivity contribution in [3.8, 4) is 0 Å². The number of aryl methyl sites for hydroxylation is 1. The zero-order valence-electron chi connectivity index (χ0n) is 10.6. The summed E-state index contributed by atoms with van der Waals surface area (Å²) in [5.41, 5.74) is 4.68. The van der Waals surface area contributed by atoms with E-state index in [1.807, 2.05) is 0 Å². The van der Waals surface area contributed by atoms with Gasteiger partial charge >= 0.3 is 0 Å². The van der Waals surface area contributed by atoms with Crippen LogP contribution < -0.4 is 0 Å². The fraction of sp³-hybridized carbons (Fsp3) is 0.692. The average molecular weight is 193 g/mol. The molecule has 0 aliphatic rings. The molecule has 80 valence electrons. The lowest BCUT2D eigenvalue weighted by Gasteiger charge is -2.22. The Hall–Kier alpha value is -0.720. The fourth-order valence-corrected chi connectivity index (χ4v) is 2.17. The van der Waals surface area contributed by atoms with E-state index in [4.69, 9.17) is 0 Å². The largest absolute Gasteiger partial charge is 0.354 e. The summed E-state index contributed by atoms with van der Waals surface area (Å²) in [6.45, 7) is 13.6. The molecule has 0 aromatic carbocycles. The van der Waals surface area contributed by atoms with Crippen molar-refractivity contribution in [1.82, 2.24) is 4.57 Å². The average Bonchev–Trinajstić information content (AvgIpc) is 2.27. The van der Waals surface area contributed by atoms with Crippen molar-refractivity contribution in [2.75, 3.05) is 0 Å². The Morgan fingerprint density at radius 1 is 1.21 bits per heavy atom. The van der Waals surface area contributed by atoms with E-state index in [2.05, 4.69) is 59.4 Å². The third-order valence-electron chi connectivity index (χ3n) is 2.88. The number of hydrogen-bond acceptors (Lipinski definition) is 0. The first kappa shape index (κ1) is 11.4. The second kappa shape index (κ2) is 3.45. The van der Waals surface area contributed by atoms with Crippen molar-refractivity contribution in [2.45, 2.75) is 52.9 Å². The van der Waals surface area contributed by atoms with Gasteiger partial charge in [-0.1, -0.05) is 34.6 Å². The highest BCUT2D eigenvalue weighted by Crippen LogP contribution is 2.33. The lowest BCUT2D eigenvalue weighted by Crippen LogP contribution is -2.15. The van der Waals surface area contributed by atoms with E-state index >= 15 is 0 Å². The predicted molar refractivity (Wildman–Crippen MR) is 62.9 cm³/mol. The summed E-state index contributed by atoms with van der Waals surface area (Å²) < 4.78 is 2.25. The molecular formula is C13H23N. The van der Waals surface area contributed by atoms with Crippen LogP contribution in [-0.2, 0) is 12.5 Å². The topological polar surface area (TPSA) is 4.93 Å². The van der Waals surface area contributed by atoms with Crippen molar-refractivity contribution in [3.63, 3.8) is 0 Å². The summed E-state index contributed by atoms with van der Waals surface area (Å²) >= 11 is 0. The normalized spacial score (nSPS) is 12.6. The van der Waals surface area contributed by atoms with Gasteiger partial charge in [0.1, 0.15) is 0 Å². The van der Waals surface area contributed by atoms with Gasteiger partial charge in [-0.25, -0.2) is 0 Å². The van der Waals surface area contributed by atoms with Crippen LogP contribution in [0.3, 0.4) is 0 Å². The molecule has 0 saturated heterocycles. The summed E-state index contributed by atoms with van der Waals surface area (Å²) in [4.78, 5) is 0. The molecule has 1 heterocycles. The van der Waals surface area contributed by atoms with Crippen molar-refractivity contribution >= 4 is 0 Å². The van der Waals surface area contributed by atoms with Gasteiger partial charge < -0.3 is 4.57 Å². The van der Waals surface area contributed by atoms with E-state index < -0.39 is 0 Å². The number of nitrogens with zero attached hydrogens (tertiary/aromatic N) is 1. The second-order valence-corrected chi connectivity index (χ2v) is 5.56. The summed E-state index contributed by atoms with van der Waals surface area (Å²) in [6.07, 6.45) is 2.28. The molecule has 0 atom stereocenters. The van der Waals surface area contributed by atoms with Gasteiger partial charge in [0.25, 0.3) is 0 Å². The van der Waals surface area contributed by atoms with Crippen LogP contribution in [0.5, 0.6) is 0 Å². The van der Waals surface area contributed by atoms with Crippen molar-refractivity contribution < 1.29 is 0 Å². The van der Waals surface area contributed by atoms with Crippen LogP contribution >= 0.6 is 0 Å². The van der Waals surface area contributed by atoms with Crippen LogP contribution in [0.25, 0.3) is 0 Å². The molecular weight excluding hydrogens is 170 g/mol. The molecule has 0 radical (unpaired) electrons. The van der Waals surface area contributed by atoms with Crippen molar-refractivity contribution in [3.05, 3.63) is 23.0 Å². The Bertz CT molecular complexity index is 324. The Balaban J connectivity index is 3.38. The van der Waals surface area contributed by atoms with Gasteiger partial charge in [0.05, 0.1) is 0 Å². The lowest BCUT2D eigenvalue weighted by molar-refractivity contribution is 0.573. The highest BCUT2D eigenvalue weighted by Gasteiger charge is 2.24. The van der Waals surface area contributed by atoms with Crippen LogP contribution in [0.2, 0.25) is 0 Å². The third-order valence-corrected chi connectivity index (χ3v) is 2.88. The van der Waals surface area contributed by atoms with E-state index in [-0.39, 0.29) is 5.41 Å². The molecule has 0 unspecified atom stereocenters. The molecule has 0 amide bonds. The molecule has 0 N–H and O–H groups in total. The first-order valence-electron chi connectivity index (χ1n) is 5.41. The molecule has 1 rings (SSSR count). The molecule has 0 spiro atoms. The van der Waals surface area contributed by atoms with E-state index in [9.17, 15) is 0 Å². The smallest absolute Gasteiger partial charge is 0.0181 e. The maximum atomic E-state index is 2.29. The Labute approximate surface area is 88.1 Å². The van der Waals surface area contributed by atoms with Crippen LogP contribution in [0.1, 0.15) is 57.4 Å². The number of hydrogen-bond donors (Lipinski definition) is 0. The minimum Gasteiger partial charge on any atom is -0.354 e. The highest BCUT2D eigenvalue weighted by atomic mass is 14.9. The van der Waals surface area contributed by atoms with Crippen LogP contribution in [-0.4, -0.2) is 4.57 Å². The highest BCUT2D eigenvalue weighted by molar-refractivity contribution is 5.39. The molecule has 1 aromatic heterocycles. The van der Waals surface area contributed by atoms with Gasteiger partial charge in [-0.3, -0.25) is 0 Å². The number of rotatable bonds is 1. The molecule has 0 aliphatic heterocycles. The number of aromatic nitrogens is 1. The Morgan fingerprint density at radius 3 is 2.00 bits per heavy atom. The SMILES string of the molecule is Cc1c(C(C)(C)C)c(C(C)C)cn1C. The fourth-order valence-electron chi connectivity index (χ4n) is 2.17. The first-order chi connectivity index (χ1) is 6.25. The van der Waals surface area contributed by atoms with Gasteiger partial charge in [-0.15, -0.1) is 0 Å². The van der Waals surface area contributed by atoms with Gasteiger partial charge in [-0.05, 0) is 29.4 Å². The van der Waals surface area contributed by atoms with Crippen LogP contribution in [0.4, 0.5) is 0 Å². The molecule has 1 nitrogen and oxygen atoms in total. The zero-order valence-corrected chi connectivity index (χ0v) is 10.6. The summed E-state index contributed by atoms with van der Waals surface area (Å²) in [6, 6.07) is 0. The molecule has 0 fully saturated rings. The van der Waals surface area contributed by atoms with Gasteiger partial charge in [0, 0.05) is 18.9 Å². The van der Waals surface area contributed by atoms with E-state index in [1.54, 1.807) is 0 Å². The van der Waals surface area contributed by atoms with Gasteiger partial charge in [0.15, 0.2) is 0 Å². The predicted octanol–water partition coefficient (Wildman–Crippen LogP) is 3.75. The van der Waals surface area contributed by atoms with E-state index in [1.165, 1.54) is 16.8 Å².